The number of anilines is 1. The third-order valence-corrected chi connectivity index (χ3v) is 5.15. The molecule has 0 bridgehead atoms. The zero-order valence-corrected chi connectivity index (χ0v) is 17.4. The number of nitro groups is 1. The van der Waals surface area contributed by atoms with E-state index in [4.69, 9.17) is 4.74 Å². The number of rotatable bonds is 5. The quantitative estimate of drug-likeness (QED) is 0.250. The fraction of sp³-hybridized carbons (Fsp3) is 0.105. The maximum atomic E-state index is 13.5. The number of ketones is 1. The summed E-state index contributed by atoms with van der Waals surface area (Å²) in [6.45, 7) is 0. The van der Waals surface area contributed by atoms with Gasteiger partial charge in [0.2, 0.25) is 5.95 Å². The van der Waals surface area contributed by atoms with E-state index >= 15 is 0 Å². The SMILES string of the molecule is COC(=O)C1=C(C(=O)c2ccc([N+](=O)[O-])cc2)[C@H](c2cccc(Br)c2)n2nnnc2N1. The first kappa shape index (κ1) is 20.3. The average Bonchev–Trinajstić information content (AvgIpc) is 3.25. The highest BCUT2D eigenvalue weighted by molar-refractivity contribution is 9.10. The second-order valence-corrected chi connectivity index (χ2v) is 7.36. The fourth-order valence-corrected chi connectivity index (χ4v) is 3.68. The molecule has 2 aromatic carbocycles. The van der Waals surface area contributed by atoms with Crippen LogP contribution in [0.15, 0.2) is 64.3 Å². The topological polar surface area (TPSA) is 142 Å². The van der Waals surface area contributed by atoms with Crippen LogP contribution < -0.4 is 5.32 Å². The standard InChI is InChI=1S/C19H13BrN6O5/c1-31-18(28)15-14(17(27)10-5-7-13(8-6-10)26(29)30)16(11-3-2-4-12(20)9-11)25-19(21-15)22-23-24-25/h2-9,16H,1H3,(H,21,22,24)/t16-/m0/s1. The summed E-state index contributed by atoms with van der Waals surface area (Å²) in [4.78, 5) is 36.5. The molecule has 0 unspecified atom stereocenters. The van der Waals surface area contributed by atoms with Crippen molar-refractivity contribution in [3.05, 3.63) is 85.5 Å². The molecule has 1 N–H and O–H groups in total. The van der Waals surface area contributed by atoms with Gasteiger partial charge in [-0.3, -0.25) is 14.9 Å². The monoisotopic (exact) mass is 484 g/mol. The first-order valence-corrected chi connectivity index (χ1v) is 9.62. The molecule has 0 saturated heterocycles. The predicted molar refractivity (Wildman–Crippen MR) is 110 cm³/mol. The van der Waals surface area contributed by atoms with Gasteiger partial charge in [0, 0.05) is 22.2 Å². The molecule has 0 saturated carbocycles. The Hall–Kier alpha value is -3.93. The van der Waals surface area contributed by atoms with Crippen LogP contribution in [0.4, 0.5) is 11.6 Å². The molecule has 3 aromatic rings. The summed E-state index contributed by atoms with van der Waals surface area (Å²) in [6.07, 6.45) is 0. The molecule has 0 spiro atoms. The van der Waals surface area contributed by atoms with Crippen LogP contribution in [0.3, 0.4) is 0 Å². The third-order valence-electron chi connectivity index (χ3n) is 4.66. The molecular weight excluding hydrogens is 472 g/mol. The zero-order valence-electron chi connectivity index (χ0n) is 15.9. The summed E-state index contributed by atoms with van der Waals surface area (Å²) in [5.74, 6) is -1.15. The van der Waals surface area contributed by atoms with Crippen LogP contribution in [0.25, 0.3) is 0 Å². The molecule has 12 heteroatoms. The van der Waals surface area contributed by atoms with Gasteiger partial charge in [-0.2, -0.15) is 4.68 Å². The summed E-state index contributed by atoms with van der Waals surface area (Å²) in [5.41, 5.74) is 0.555. The van der Waals surface area contributed by atoms with Gasteiger partial charge in [-0.25, -0.2) is 4.79 Å². The maximum Gasteiger partial charge on any atom is 0.355 e. The van der Waals surface area contributed by atoms with E-state index in [-0.39, 0.29) is 28.5 Å². The van der Waals surface area contributed by atoms with Gasteiger partial charge in [0.1, 0.15) is 11.7 Å². The van der Waals surface area contributed by atoms with Gasteiger partial charge >= 0.3 is 5.97 Å². The van der Waals surface area contributed by atoms with Gasteiger partial charge < -0.3 is 10.1 Å². The summed E-state index contributed by atoms with van der Waals surface area (Å²) in [7, 11) is 1.19. The molecule has 1 atom stereocenters. The summed E-state index contributed by atoms with van der Waals surface area (Å²) in [5, 5.41) is 25.2. The van der Waals surface area contributed by atoms with E-state index in [1.54, 1.807) is 18.2 Å². The van der Waals surface area contributed by atoms with Crippen molar-refractivity contribution in [3.63, 3.8) is 0 Å². The Labute approximate surface area is 183 Å². The molecule has 31 heavy (non-hydrogen) atoms. The normalized spacial score (nSPS) is 15.1. The van der Waals surface area contributed by atoms with Crippen molar-refractivity contribution in [3.8, 4) is 0 Å². The average molecular weight is 485 g/mol. The number of esters is 1. The second-order valence-electron chi connectivity index (χ2n) is 6.44. The lowest BCUT2D eigenvalue weighted by Gasteiger charge is -2.28. The van der Waals surface area contributed by atoms with Gasteiger partial charge in [-0.05, 0) is 40.3 Å². The number of benzene rings is 2. The third kappa shape index (κ3) is 3.68. The second kappa shape index (κ2) is 8.07. The van der Waals surface area contributed by atoms with Crippen LogP contribution in [0, 0.1) is 10.1 Å². The first-order valence-electron chi connectivity index (χ1n) is 8.82. The van der Waals surface area contributed by atoms with Gasteiger partial charge in [0.15, 0.2) is 5.78 Å². The summed E-state index contributed by atoms with van der Waals surface area (Å²) < 4.78 is 7.00. The summed E-state index contributed by atoms with van der Waals surface area (Å²) in [6, 6.07) is 11.4. The Morgan fingerprint density at radius 2 is 1.97 bits per heavy atom. The molecule has 0 radical (unpaired) electrons. The number of allylic oxidation sites excluding steroid dienone is 1. The Balaban J connectivity index is 1.92. The van der Waals surface area contributed by atoms with Crippen molar-refractivity contribution < 1.29 is 19.2 Å². The van der Waals surface area contributed by atoms with E-state index in [0.717, 1.165) is 4.47 Å². The largest absolute Gasteiger partial charge is 0.464 e. The summed E-state index contributed by atoms with van der Waals surface area (Å²) >= 11 is 3.41. The van der Waals surface area contributed by atoms with Gasteiger partial charge in [0.25, 0.3) is 5.69 Å². The number of hydrogen-bond donors (Lipinski definition) is 1. The Morgan fingerprint density at radius 3 is 2.61 bits per heavy atom. The van der Waals surface area contributed by atoms with Crippen molar-refractivity contribution >= 4 is 39.3 Å². The molecule has 1 aliphatic heterocycles. The number of Topliss-reactive ketones (excluding diaryl/α,β-unsaturated/α-hetero) is 1. The predicted octanol–water partition coefficient (Wildman–Crippen LogP) is 2.67. The Kier molecular flexibility index (Phi) is 5.29. The van der Waals surface area contributed by atoms with Crippen LogP contribution in [-0.4, -0.2) is 44.0 Å². The Morgan fingerprint density at radius 1 is 1.23 bits per heavy atom. The first-order chi connectivity index (χ1) is 14.9. The lowest BCUT2D eigenvalue weighted by atomic mass is 9.89. The lowest BCUT2D eigenvalue weighted by Crippen LogP contribution is -2.33. The number of halogens is 1. The number of nitrogens with zero attached hydrogens (tertiary/aromatic N) is 5. The van der Waals surface area contributed by atoms with Crippen molar-refractivity contribution in [2.75, 3.05) is 12.4 Å². The molecule has 11 nitrogen and oxygen atoms in total. The molecule has 0 aliphatic carbocycles. The number of aromatic nitrogens is 4. The number of carbonyl (C=O) groups excluding carboxylic acids is 2. The Bertz CT molecular complexity index is 1240. The maximum absolute atomic E-state index is 13.5. The highest BCUT2D eigenvalue weighted by atomic mass is 79.9. The van der Waals surface area contributed by atoms with Gasteiger partial charge in [-0.15, -0.1) is 0 Å². The number of carbonyl (C=O) groups is 2. The number of non-ortho nitro benzene ring substituents is 1. The molecule has 4 rings (SSSR count). The van der Waals surface area contributed by atoms with Crippen molar-refractivity contribution in [1.29, 1.82) is 0 Å². The van der Waals surface area contributed by atoms with E-state index in [1.165, 1.54) is 36.1 Å². The molecule has 1 aromatic heterocycles. The number of ether oxygens (including phenoxy) is 1. The minimum Gasteiger partial charge on any atom is -0.464 e. The number of fused-ring (bicyclic) bond motifs is 1. The number of nitro benzene ring substituents is 1. The van der Waals surface area contributed by atoms with Crippen LogP contribution in [0.5, 0.6) is 0 Å². The van der Waals surface area contributed by atoms with E-state index < -0.39 is 22.7 Å². The van der Waals surface area contributed by atoms with E-state index in [0.29, 0.717) is 5.56 Å². The molecule has 0 amide bonds. The molecular formula is C19H13BrN6O5. The number of tetrazole rings is 1. The van der Waals surface area contributed by atoms with Crippen molar-refractivity contribution in [1.82, 2.24) is 20.2 Å². The highest BCUT2D eigenvalue weighted by Gasteiger charge is 2.38. The zero-order chi connectivity index (χ0) is 22.1. The van der Waals surface area contributed by atoms with Crippen molar-refractivity contribution in [2.24, 2.45) is 0 Å². The highest BCUT2D eigenvalue weighted by Crippen LogP contribution is 2.37. The van der Waals surface area contributed by atoms with Gasteiger partial charge in [-0.1, -0.05) is 33.2 Å². The van der Waals surface area contributed by atoms with Crippen molar-refractivity contribution in [2.45, 2.75) is 6.04 Å². The van der Waals surface area contributed by atoms with E-state index in [2.05, 4.69) is 36.8 Å². The van der Waals surface area contributed by atoms with Crippen LogP contribution in [-0.2, 0) is 9.53 Å². The van der Waals surface area contributed by atoms with Crippen LogP contribution >= 0.6 is 15.9 Å². The molecule has 156 valence electrons. The van der Waals surface area contributed by atoms with Gasteiger partial charge in [0.05, 0.1) is 17.6 Å². The van der Waals surface area contributed by atoms with E-state index in [9.17, 15) is 19.7 Å². The number of hydrogen-bond acceptors (Lipinski definition) is 9. The molecule has 2 heterocycles. The lowest BCUT2D eigenvalue weighted by molar-refractivity contribution is -0.384. The minimum absolute atomic E-state index is 0.0404. The van der Waals surface area contributed by atoms with Crippen LogP contribution in [0.1, 0.15) is 22.0 Å². The fourth-order valence-electron chi connectivity index (χ4n) is 3.26. The smallest absolute Gasteiger partial charge is 0.355 e. The number of methoxy groups -OCH3 is 1. The van der Waals surface area contributed by atoms with Crippen LogP contribution in [0.2, 0.25) is 0 Å². The van der Waals surface area contributed by atoms with E-state index in [1.807, 2.05) is 6.07 Å². The molecule has 0 fully saturated rings. The minimum atomic E-state index is -0.847. The molecule has 1 aliphatic rings. The number of nitrogens with one attached hydrogen (secondary N) is 1.